The summed E-state index contributed by atoms with van der Waals surface area (Å²) in [5.74, 6) is 3.16. The number of benzene rings is 1. The second kappa shape index (κ2) is 6.61. The maximum absolute atomic E-state index is 12.3. The first kappa shape index (κ1) is 18.5. The molecule has 1 aliphatic carbocycles. The summed E-state index contributed by atoms with van der Waals surface area (Å²) in [6, 6.07) is 4.29. The number of hydrogen-bond acceptors (Lipinski definition) is 2. The van der Waals surface area contributed by atoms with Gasteiger partial charge in [0.05, 0.1) is 12.2 Å². The minimum atomic E-state index is -1.42. The number of esters is 1. The lowest BCUT2D eigenvalue weighted by atomic mass is 9.72. The van der Waals surface area contributed by atoms with Gasteiger partial charge in [0, 0.05) is 5.56 Å². The van der Waals surface area contributed by atoms with Gasteiger partial charge < -0.3 is 4.74 Å². The molecule has 0 atom stereocenters. The van der Waals surface area contributed by atoms with Gasteiger partial charge in [-0.3, -0.25) is 0 Å². The predicted molar refractivity (Wildman–Crippen MR) is 104 cm³/mol. The van der Waals surface area contributed by atoms with Crippen LogP contribution < -0.4 is 0 Å². The summed E-state index contributed by atoms with van der Waals surface area (Å²) in [6.07, 6.45) is 2.85. The molecule has 0 aliphatic heterocycles. The topological polar surface area (TPSA) is 26.3 Å². The van der Waals surface area contributed by atoms with Crippen LogP contribution in [-0.4, -0.2) is 20.7 Å². The minimum absolute atomic E-state index is 0.00534. The third kappa shape index (κ3) is 3.99. The predicted octanol–water partition coefficient (Wildman–Crippen LogP) is 4.85. The molecule has 1 aromatic rings. The molecule has 1 aliphatic rings. The zero-order chi connectivity index (χ0) is 18.1. The van der Waals surface area contributed by atoms with Gasteiger partial charge in [-0.1, -0.05) is 45.5 Å². The number of hydrogen-bond donors (Lipinski definition) is 0. The third-order valence-corrected chi connectivity index (χ3v) is 5.14. The molecule has 3 heteroatoms. The molecule has 0 saturated carbocycles. The van der Waals surface area contributed by atoms with Crippen molar-refractivity contribution in [3.8, 4) is 11.5 Å². The largest absolute Gasteiger partial charge is 0.462 e. The molecule has 0 fully saturated rings. The van der Waals surface area contributed by atoms with Gasteiger partial charge in [0.2, 0.25) is 0 Å². The van der Waals surface area contributed by atoms with Crippen LogP contribution in [0.25, 0.3) is 5.57 Å². The first-order valence-electron chi connectivity index (χ1n) is 8.61. The van der Waals surface area contributed by atoms with Crippen molar-refractivity contribution in [2.45, 2.75) is 59.2 Å². The molecule has 0 spiro atoms. The Kier molecular flexibility index (Phi) is 5.10. The molecule has 0 amide bonds. The second-order valence-corrected chi connectivity index (χ2v) is 12.9. The van der Waals surface area contributed by atoms with Crippen molar-refractivity contribution in [1.82, 2.24) is 0 Å². The van der Waals surface area contributed by atoms with E-state index in [-0.39, 0.29) is 11.4 Å². The number of carbonyl (C=O) groups excluding carboxylic acids is 1. The lowest BCUT2D eigenvalue weighted by Gasteiger charge is -2.32. The van der Waals surface area contributed by atoms with Crippen LogP contribution in [0, 0.1) is 18.4 Å². The fourth-order valence-corrected chi connectivity index (χ4v) is 3.37. The number of fused-ring (bicyclic) bond motifs is 1. The summed E-state index contributed by atoms with van der Waals surface area (Å²) in [4.78, 5) is 12.3. The van der Waals surface area contributed by atoms with E-state index in [4.69, 9.17) is 4.74 Å². The summed E-state index contributed by atoms with van der Waals surface area (Å²) in [7, 11) is -1.42. The Labute approximate surface area is 147 Å². The van der Waals surface area contributed by atoms with Crippen molar-refractivity contribution in [1.29, 1.82) is 0 Å². The average Bonchev–Trinajstić information content (AvgIpc) is 2.44. The molecule has 0 radical (unpaired) electrons. The lowest BCUT2D eigenvalue weighted by molar-refractivity contribution is -0.136. The Morgan fingerprint density at radius 1 is 1.29 bits per heavy atom. The van der Waals surface area contributed by atoms with Crippen LogP contribution in [0.2, 0.25) is 19.6 Å². The van der Waals surface area contributed by atoms with Gasteiger partial charge in [0.25, 0.3) is 0 Å². The highest BCUT2D eigenvalue weighted by molar-refractivity contribution is 6.83. The van der Waals surface area contributed by atoms with Crippen LogP contribution in [0.3, 0.4) is 0 Å². The van der Waals surface area contributed by atoms with E-state index in [1.54, 1.807) is 0 Å². The third-order valence-electron chi connectivity index (χ3n) is 4.27. The first-order chi connectivity index (χ1) is 11.0. The monoisotopic (exact) mass is 340 g/mol. The number of carbonyl (C=O) groups is 1. The summed E-state index contributed by atoms with van der Waals surface area (Å²) in [5.41, 5.74) is 8.53. The van der Waals surface area contributed by atoms with Crippen LogP contribution in [0.4, 0.5) is 0 Å². The SMILES string of the molecule is CCOC(=O)C1=CCC(C)(C)c2cc(C#C[Si](C)(C)C)c(C)cc21. The van der Waals surface area contributed by atoms with Crippen molar-refractivity contribution in [2.24, 2.45) is 0 Å². The standard InChI is InChI=1S/C21H28O2Si/c1-8-23-20(22)17-9-11-21(3,4)19-14-16(10-12-24(5,6)7)15(2)13-18(17)19/h9,13-14H,8,11H2,1-7H3. The smallest absolute Gasteiger partial charge is 0.338 e. The summed E-state index contributed by atoms with van der Waals surface area (Å²) in [5, 5.41) is 0. The molecule has 0 bridgehead atoms. The van der Waals surface area contributed by atoms with Crippen LogP contribution in [0.1, 0.15) is 49.4 Å². The molecule has 0 aromatic heterocycles. The van der Waals surface area contributed by atoms with Gasteiger partial charge in [0.15, 0.2) is 0 Å². The molecule has 0 N–H and O–H groups in total. The van der Waals surface area contributed by atoms with Crippen molar-refractivity contribution >= 4 is 19.6 Å². The Hall–Kier alpha value is -1.79. The number of allylic oxidation sites excluding steroid dienone is 1. The van der Waals surface area contributed by atoms with E-state index in [1.165, 1.54) is 5.56 Å². The van der Waals surface area contributed by atoms with Crippen LogP contribution in [0.5, 0.6) is 0 Å². The summed E-state index contributed by atoms with van der Waals surface area (Å²) < 4.78 is 5.24. The van der Waals surface area contributed by atoms with Crippen LogP contribution >= 0.6 is 0 Å². The number of rotatable bonds is 2. The highest BCUT2D eigenvalue weighted by Gasteiger charge is 2.31. The molecule has 0 heterocycles. The maximum Gasteiger partial charge on any atom is 0.338 e. The van der Waals surface area contributed by atoms with E-state index in [2.05, 4.69) is 64.0 Å². The van der Waals surface area contributed by atoms with E-state index in [0.29, 0.717) is 12.2 Å². The Morgan fingerprint density at radius 2 is 1.96 bits per heavy atom. The summed E-state index contributed by atoms with van der Waals surface area (Å²) in [6.45, 7) is 15.5. The number of aryl methyl sites for hydroxylation is 1. The first-order valence-corrected chi connectivity index (χ1v) is 12.1. The fourth-order valence-electron chi connectivity index (χ4n) is 2.86. The van der Waals surface area contributed by atoms with Gasteiger partial charge in [-0.2, -0.15) is 0 Å². The molecule has 0 saturated heterocycles. The molecule has 2 nitrogen and oxygen atoms in total. The fraction of sp³-hybridized carbons (Fsp3) is 0.476. The van der Waals surface area contributed by atoms with E-state index in [9.17, 15) is 4.79 Å². The van der Waals surface area contributed by atoms with Gasteiger partial charge in [-0.15, -0.1) is 5.54 Å². The Morgan fingerprint density at radius 3 is 2.54 bits per heavy atom. The van der Waals surface area contributed by atoms with Gasteiger partial charge in [0.1, 0.15) is 8.07 Å². The van der Waals surface area contributed by atoms with E-state index in [0.717, 1.165) is 23.1 Å². The zero-order valence-corrected chi connectivity index (χ0v) is 17.0. The molecular formula is C21H28O2Si. The van der Waals surface area contributed by atoms with Crippen LogP contribution in [-0.2, 0) is 14.9 Å². The molecular weight excluding hydrogens is 312 g/mol. The highest BCUT2D eigenvalue weighted by atomic mass is 28.3. The molecule has 128 valence electrons. The van der Waals surface area contributed by atoms with Crippen molar-refractivity contribution in [3.05, 3.63) is 40.5 Å². The maximum atomic E-state index is 12.3. The number of ether oxygens (including phenoxy) is 1. The van der Waals surface area contributed by atoms with Crippen molar-refractivity contribution < 1.29 is 9.53 Å². The molecule has 24 heavy (non-hydrogen) atoms. The molecule has 1 aromatic carbocycles. The van der Waals surface area contributed by atoms with Gasteiger partial charge in [-0.05, 0) is 54.5 Å². The average molecular weight is 341 g/mol. The van der Waals surface area contributed by atoms with Gasteiger partial charge >= 0.3 is 5.97 Å². The van der Waals surface area contributed by atoms with E-state index in [1.807, 2.05) is 13.0 Å². The molecule has 0 unspecified atom stereocenters. The second-order valence-electron chi connectivity index (χ2n) is 8.14. The zero-order valence-electron chi connectivity index (χ0n) is 16.0. The Balaban J connectivity index is 2.58. The normalized spacial score (nSPS) is 15.7. The quantitative estimate of drug-likeness (QED) is 0.437. The van der Waals surface area contributed by atoms with Crippen molar-refractivity contribution in [3.63, 3.8) is 0 Å². The highest BCUT2D eigenvalue weighted by Crippen LogP contribution is 2.40. The molecule has 2 rings (SSSR count). The van der Waals surface area contributed by atoms with Crippen molar-refractivity contribution in [2.75, 3.05) is 6.61 Å². The minimum Gasteiger partial charge on any atom is -0.462 e. The van der Waals surface area contributed by atoms with Crippen LogP contribution in [0.15, 0.2) is 18.2 Å². The Bertz CT molecular complexity index is 753. The van der Waals surface area contributed by atoms with E-state index >= 15 is 0 Å². The van der Waals surface area contributed by atoms with E-state index < -0.39 is 8.07 Å². The van der Waals surface area contributed by atoms with Gasteiger partial charge in [-0.25, -0.2) is 4.79 Å². The summed E-state index contributed by atoms with van der Waals surface area (Å²) >= 11 is 0. The lowest BCUT2D eigenvalue weighted by Crippen LogP contribution is -2.24.